The van der Waals surface area contributed by atoms with Crippen LogP contribution in [0.4, 0.5) is 0 Å². The van der Waals surface area contributed by atoms with Crippen LogP contribution in [0.15, 0.2) is 0 Å². The fourth-order valence-electron chi connectivity index (χ4n) is 1.34. The standard InChI is InChI=1S/C12H29N3O2/c1-3-11(2)12(13)10-17-9-7-15-5-4-14-6-8-16/h11-12,14-16H,3-10,13H2,1-2H3. The Bertz CT molecular complexity index is 159. The highest BCUT2D eigenvalue weighted by molar-refractivity contribution is 4.66. The average molecular weight is 247 g/mol. The Morgan fingerprint density at radius 3 is 2.41 bits per heavy atom. The molecule has 5 nitrogen and oxygen atoms in total. The number of nitrogens with two attached hydrogens (primary N) is 1. The van der Waals surface area contributed by atoms with Crippen molar-refractivity contribution < 1.29 is 9.84 Å². The topological polar surface area (TPSA) is 79.5 Å². The van der Waals surface area contributed by atoms with Gasteiger partial charge in [-0.2, -0.15) is 0 Å². The first-order valence-corrected chi connectivity index (χ1v) is 6.58. The monoisotopic (exact) mass is 247 g/mol. The van der Waals surface area contributed by atoms with E-state index in [1.165, 1.54) is 0 Å². The smallest absolute Gasteiger partial charge is 0.0620 e. The minimum absolute atomic E-state index is 0.145. The van der Waals surface area contributed by atoms with Gasteiger partial charge >= 0.3 is 0 Å². The van der Waals surface area contributed by atoms with Gasteiger partial charge in [0, 0.05) is 32.2 Å². The van der Waals surface area contributed by atoms with Crippen LogP contribution >= 0.6 is 0 Å². The van der Waals surface area contributed by atoms with E-state index >= 15 is 0 Å². The lowest BCUT2D eigenvalue weighted by molar-refractivity contribution is 0.109. The summed E-state index contributed by atoms with van der Waals surface area (Å²) in [6.07, 6.45) is 1.10. The molecule has 0 saturated carbocycles. The van der Waals surface area contributed by atoms with Crippen LogP contribution in [0.5, 0.6) is 0 Å². The lowest BCUT2D eigenvalue weighted by Crippen LogP contribution is -2.35. The Labute approximate surface area is 105 Å². The fraction of sp³-hybridized carbons (Fsp3) is 1.00. The molecule has 0 aromatic rings. The van der Waals surface area contributed by atoms with Gasteiger partial charge in [0.2, 0.25) is 0 Å². The van der Waals surface area contributed by atoms with Crippen LogP contribution in [0, 0.1) is 5.92 Å². The number of nitrogens with one attached hydrogen (secondary N) is 2. The van der Waals surface area contributed by atoms with Crippen LogP contribution < -0.4 is 16.4 Å². The maximum atomic E-state index is 8.54. The molecule has 2 unspecified atom stereocenters. The van der Waals surface area contributed by atoms with Gasteiger partial charge in [0.15, 0.2) is 0 Å². The Hall–Kier alpha value is -0.200. The van der Waals surface area contributed by atoms with Gasteiger partial charge < -0.3 is 26.2 Å². The molecule has 0 rings (SSSR count). The van der Waals surface area contributed by atoms with Crippen molar-refractivity contribution in [2.45, 2.75) is 26.3 Å². The second-order valence-corrected chi connectivity index (χ2v) is 4.35. The van der Waals surface area contributed by atoms with Crippen LogP contribution in [0.1, 0.15) is 20.3 Å². The third-order valence-electron chi connectivity index (χ3n) is 2.88. The van der Waals surface area contributed by atoms with Gasteiger partial charge in [-0.1, -0.05) is 20.3 Å². The summed E-state index contributed by atoms with van der Waals surface area (Å²) in [7, 11) is 0. The first-order chi connectivity index (χ1) is 8.22. The van der Waals surface area contributed by atoms with E-state index in [1.807, 2.05) is 0 Å². The molecular weight excluding hydrogens is 218 g/mol. The number of hydrogen-bond donors (Lipinski definition) is 4. The lowest BCUT2D eigenvalue weighted by atomic mass is 10.0. The highest BCUT2D eigenvalue weighted by Crippen LogP contribution is 2.04. The van der Waals surface area contributed by atoms with Crippen LogP contribution in [0.3, 0.4) is 0 Å². The van der Waals surface area contributed by atoms with Crippen molar-refractivity contribution in [3.63, 3.8) is 0 Å². The molecule has 5 N–H and O–H groups in total. The third kappa shape index (κ3) is 10.7. The molecule has 0 aliphatic heterocycles. The fourth-order valence-corrected chi connectivity index (χ4v) is 1.34. The van der Waals surface area contributed by atoms with Gasteiger partial charge in [-0.05, 0) is 5.92 Å². The van der Waals surface area contributed by atoms with Crippen molar-refractivity contribution in [2.75, 3.05) is 46.0 Å². The number of hydrogen-bond acceptors (Lipinski definition) is 5. The molecular formula is C12H29N3O2. The van der Waals surface area contributed by atoms with Crippen molar-refractivity contribution in [1.29, 1.82) is 0 Å². The van der Waals surface area contributed by atoms with E-state index in [-0.39, 0.29) is 12.6 Å². The largest absolute Gasteiger partial charge is 0.395 e. The zero-order chi connectivity index (χ0) is 12.9. The zero-order valence-electron chi connectivity index (χ0n) is 11.2. The molecule has 0 radical (unpaired) electrons. The number of aliphatic hydroxyl groups excluding tert-OH is 1. The molecule has 0 aliphatic carbocycles. The molecule has 17 heavy (non-hydrogen) atoms. The van der Waals surface area contributed by atoms with Crippen molar-refractivity contribution in [3.8, 4) is 0 Å². The minimum Gasteiger partial charge on any atom is -0.395 e. The van der Waals surface area contributed by atoms with Crippen LogP contribution in [0.25, 0.3) is 0 Å². The predicted molar refractivity (Wildman–Crippen MR) is 71.1 cm³/mol. The Kier molecular flexibility index (Phi) is 12.1. The molecule has 104 valence electrons. The van der Waals surface area contributed by atoms with E-state index in [4.69, 9.17) is 15.6 Å². The predicted octanol–water partition coefficient (Wildman–Crippen LogP) is -0.452. The SMILES string of the molecule is CCC(C)C(N)COCCNCCNCCO. The van der Waals surface area contributed by atoms with Crippen LogP contribution in [-0.4, -0.2) is 57.1 Å². The van der Waals surface area contributed by atoms with Gasteiger partial charge in [-0.25, -0.2) is 0 Å². The summed E-state index contributed by atoms with van der Waals surface area (Å²) in [5, 5.41) is 14.9. The van der Waals surface area contributed by atoms with Crippen molar-refractivity contribution in [2.24, 2.45) is 11.7 Å². The van der Waals surface area contributed by atoms with E-state index in [2.05, 4.69) is 24.5 Å². The third-order valence-corrected chi connectivity index (χ3v) is 2.88. The van der Waals surface area contributed by atoms with E-state index < -0.39 is 0 Å². The highest BCUT2D eigenvalue weighted by atomic mass is 16.5. The maximum absolute atomic E-state index is 8.54. The summed E-state index contributed by atoms with van der Waals surface area (Å²) in [5.74, 6) is 0.519. The number of ether oxygens (including phenoxy) is 1. The summed E-state index contributed by atoms with van der Waals surface area (Å²) in [6.45, 7) is 9.08. The highest BCUT2D eigenvalue weighted by Gasteiger charge is 2.09. The minimum atomic E-state index is 0.145. The Balaban J connectivity index is 3.13. The molecule has 0 bridgehead atoms. The summed E-state index contributed by atoms with van der Waals surface area (Å²) in [6, 6.07) is 0.145. The summed E-state index contributed by atoms with van der Waals surface area (Å²) in [4.78, 5) is 0. The van der Waals surface area contributed by atoms with E-state index in [0.717, 1.165) is 26.1 Å². The number of aliphatic hydroxyl groups is 1. The molecule has 0 aromatic heterocycles. The van der Waals surface area contributed by atoms with E-state index in [1.54, 1.807) is 0 Å². The molecule has 0 heterocycles. The second kappa shape index (κ2) is 12.3. The Morgan fingerprint density at radius 2 is 1.82 bits per heavy atom. The molecule has 2 atom stereocenters. The van der Waals surface area contributed by atoms with Crippen molar-refractivity contribution in [3.05, 3.63) is 0 Å². The molecule has 0 spiro atoms. The number of rotatable bonds is 12. The average Bonchev–Trinajstić information content (AvgIpc) is 2.35. The maximum Gasteiger partial charge on any atom is 0.0620 e. The van der Waals surface area contributed by atoms with Gasteiger partial charge in [0.25, 0.3) is 0 Å². The van der Waals surface area contributed by atoms with Crippen LogP contribution in [-0.2, 0) is 4.74 Å². The van der Waals surface area contributed by atoms with Crippen molar-refractivity contribution in [1.82, 2.24) is 10.6 Å². The first kappa shape index (κ1) is 16.8. The van der Waals surface area contributed by atoms with Gasteiger partial charge in [0.1, 0.15) is 0 Å². The van der Waals surface area contributed by atoms with Gasteiger partial charge in [0.05, 0.1) is 19.8 Å². The molecule has 0 fully saturated rings. The van der Waals surface area contributed by atoms with Crippen molar-refractivity contribution >= 4 is 0 Å². The Morgan fingerprint density at radius 1 is 1.18 bits per heavy atom. The lowest BCUT2D eigenvalue weighted by Gasteiger charge is -2.18. The molecule has 0 aromatic carbocycles. The molecule has 0 aliphatic rings. The zero-order valence-corrected chi connectivity index (χ0v) is 11.2. The van der Waals surface area contributed by atoms with Crippen LogP contribution in [0.2, 0.25) is 0 Å². The summed E-state index contributed by atoms with van der Waals surface area (Å²) < 4.78 is 5.50. The quantitative estimate of drug-likeness (QED) is 0.351. The van der Waals surface area contributed by atoms with E-state index in [0.29, 0.717) is 25.7 Å². The summed E-state index contributed by atoms with van der Waals surface area (Å²) in [5.41, 5.74) is 5.94. The van der Waals surface area contributed by atoms with Gasteiger partial charge in [-0.15, -0.1) is 0 Å². The molecule has 0 amide bonds. The molecule has 0 saturated heterocycles. The molecule has 5 heteroatoms. The van der Waals surface area contributed by atoms with Gasteiger partial charge in [-0.3, -0.25) is 0 Å². The second-order valence-electron chi connectivity index (χ2n) is 4.35. The first-order valence-electron chi connectivity index (χ1n) is 6.58. The van der Waals surface area contributed by atoms with E-state index in [9.17, 15) is 0 Å². The normalized spacial score (nSPS) is 14.8. The summed E-state index contributed by atoms with van der Waals surface area (Å²) >= 11 is 0.